The van der Waals surface area contributed by atoms with Gasteiger partial charge in [0, 0.05) is 19.0 Å². The number of hydrogen-bond donors (Lipinski definition) is 0. The monoisotopic (exact) mass is 397 g/mol. The van der Waals surface area contributed by atoms with Crippen molar-refractivity contribution < 1.29 is 17.4 Å². The van der Waals surface area contributed by atoms with Crippen molar-refractivity contribution in [3.05, 3.63) is 29.8 Å². The molecule has 0 saturated carbocycles. The van der Waals surface area contributed by atoms with Gasteiger partial charge in [-0.1, -0.05) is 46.8 Å². The summed E-state index contributed by atoms with van der Waals surface area (Å²) in [6, 6.07) is 7.01. The van der Waals surface area contributed by atoms with Crippen LogP contribution in [0.5, 0.6) is 5.75 Å². The molecule has 0 N–H and O–H groups in total. The summed E-state index contributed by atoms with van der Waals surface area (Å²) in [5, 5.41) is 0. The molecule has 154 valence electrons. The molecule has 2 unspecified atom stereocenters. The molecule has 0 radical (unpaired) electrons. The van der Waals surface area contributed by atoms with Crippen molar-refractivity contribution in [2.75, 3.05) is 6.26 Å². The van der Waals surface area contributed by atoms with Crippen LogP contribution in [0.4, 0.5) is 0 Å². The van der Waals surface area contributed by atoms with E-state index < -0.39 is 10.1 Å². The minimum atomic E-state index is -3.54. The largest absolute Gasteiger partial charge is 0.383 e. The van der Waals surface area contributed by atoms with Gasteiger partial charge in [-0.15, -0.1) is 0 Å². The fourth-order valence-electron chi connectivity index (χ4n) is 3.27. The number of carbonyl (C=O) groups is 1. The van der Waals surface area contributed by atoms with E-state index in [1.54, 1.807) is 12.1 Å². The lowest BCUT2D eigenvalue weighted by atomic mass is 9.84. The molecule has 0 bridgehead atoms. The third-order valence-electron chi connectivity index (χ3n) is 4.45. The highest BCUT2D eigenvalue weighted by atomic mass is 32.2. The Morgan fingerprint density at radius 2 is 1.70 bits per heavy atom. The third kappa shape index (κ3) is 9.27. The minimum absolute atomic E-state index is 0.145. The Morgan fingerprint density at radius 1 is 1.15 bits per heavy atom. The molecule has 0 saturated heterocycles. The van der Waals surface area contributed by atoms with Crippen LogP contribution < -0.4 is 4.18 Å². The van der Waals surface area contributed by atoms with Crippen molar-refractivity contribution in [3.63, 3.8) is 0 Å². The lowest BCUT2D eigenvalue weighted by Crippen LogP contribution is -2.38. The quantitative estimate of drug-likeness (QED) is 0.571. The lowest BCUT2D eigenvalue weighted by molar-refractivity contribution is -0.135. The lowest BCUT2D eigenvalue weighted by Gasteiger charge is -2.31. The van der Waals surface area contributed by atoms with E-state index in [2.05, 4.69) is 41.5 Å². The molecule has 1 aromatic rings. The number of rotatable bonds is 9. The van der Waals surface area contributed by atoms with Gasteiger partial charge in [0.05, 0.1) is 6.26 Å². The fourth-order valence-corrected chi connectivity index (χ4v) is 3.73. The molecule has 6 heteroatoms. The molecule has 0 aliphatic rings. The zero-order valence-electron chi connectivity index (χ0n) is 17.8. The Kier molecular flexibility index (Phi) is 8.33. The van der Waals surface area contributed by atoms with Crippen LogP contribution in [-0.4, -0.2) is 31.5 Å². The maximum absolute atomic E-state index is 12.9. The Balaban J connectivity index is 2.84. The topological polar surface area (TPSA) is 63.7 Å². The first-order chi connectivity index (χ1) is 12.3. The van der Waals surface area contributed by atoms with Gasteiger partial charge in [0.15, 0.2) is 0 Å². The Hall–Kier alpha value is -1.56. The van der Waals surface area contributed by atoms with Gasteiger partial charge in [0.2, 0.25) is 5.91 Å². The van der Waals surface area contributed by atoms with Crippen LogP contribution in [0, 0.1) is 11.3 Å². The van der Waals surface area contributed by atoms with Gasteiger partial charge in [0.1, 0.15) is 5.75 Å². The van der Waals surface area contributed by atoms with Gasteiger partial charge in [-0.05, 0) is 48.8 Å². The van der Waals surface area contributed by atoms with Gasteiger partial charge < -0.3 is 9.08 Å². The van der Waals surface area contributed by atoms with Gasteiger partial charge >= 0.3 is 10.1 Å². The van der Waals surface area contributed by atoms with Crippen molar-refractivity contribution in [1.82, 2.24) is 4.90 Å². The maximum Gasteiger partial charge on any atom is 0.306 e. The van der Waals surface area contributed by atoms with E-state index >= 15 is 0 Å². The standard InChI is InChI=1S/C21H35NO4S/c1-8-17(3)22(20(23)13-16(2)14-21(4,5)6)15-18-9-11-19(12-10-18)26-27(7,24)25/h9-12,16-17H,8,13-15H2,1-7H3. The van der Waals surface area contributed by atoms with Crippen molar-refractivity contribution in [3.8, 4) is 5.75 Å². The van der Waals surface area contributed by atoms with E-state index in [-0.39, 0.29) is 23.1 Å². The second-order valence-corrected chi connectivity index (χ2v) is 10.4. The number of amides is 1. The maximum atomic E-state index is 12.9. The van der Waals surface area contributed by atoms with Gasteiger partial charge in [0.25, 0.3) is 0 Å². The van der Waals surface area contributed by atoms with E-state index in [1.807, 2.05) is 17.0 Å². The van der Waals surface area contributed by atoms with Gasteiger partial charge in [-0.2, -0.15) is 8.42 Å². The molecule has 27 heavy (non-hydrogen) atoms. The smallest absolute Gasteiger partial charge is 0.306 e. The number of hydrogen-bond acceptors (Lipinski definition) is 4. The van der Waals surface area contributed by atoms with Crippen LogP contribution in [0.1, 0.15) is 66.4 Å². The van der Waals surface area contributed by atoms with E-state index in [4.69, 9.17) is 4.18 Å². The zero-order chi connectivity index (χ0) is 20.8. The van der Waals surface area contributed by atoms with Crippen LogP contribution >= 0.6 is 0 Å². The van der Waals surface area contributed by atoms with Gasteiger partial charge in [-0.25, -0.2) is 0 Å². The molecule has 2 atom stereocenters. The van der Waals surface area contributed by atoms with Crippen molar-refractivity contribution in [2.24, 2.45) is 11.3 Å². The highest BCUT2D eigenvalue weighted by Gasteiger charge is 2.23. The van der Waals surface area contributed by atoms with Crippen LogP contribution in [0.3, 0.4) is 0 Å². The number of carbonyl (C=O) groups excluding carboxylic acids is 1. The predicted molar refractivity (Wildman–Crippen MR) is 110 cm³/mol. The first kappa shape index (κ1) is 23.5. The van der Waals surface area contributed by atoms with Crippen LogP contribution in [0.25, 0.3) is 0 Å². The molecule has 0 spiro atoms. The SMILES string of the molecule is CCC(C)N(Cc1ccc(OS(C)(=O)=O)cc1)C(=O)CC(C)CC(C)(C)C. The molecule has 0 aromatic heterocycles. The van der Waals surface area contributed by atoms with E-state index in [0.717, 1.165) is 24.7 Å². The first-order valence-corrected chi connectivity index (χ1v) is 11.4. The summed E-state index contributed by atoms with van der Waals surface area (Å²) in [6.45, 7) is 13.4. The van der Waals surface area contributed by atoms with Crippen molar-refractivity contribution in [2.45, 2.75) is 73.4 Å². The molecule has 0 aliphatic heterocycles. The summed E-state index contributed by atoms with van der Waals surface area (Å²) < 4.78 is 27.3. The first-order valence-electron chi connectivity index (χ1n) is 9.58. The van der Waals surface area contributed by atoms with E-state index in [9.17, 15) is 13.2 Å². The van der Waals surface area contributed by atoms with E-state index in [0.29, 0.717) is 18.9 Å². The average Bonchev–Trinajstić information content (AvgIpc) is 2.49. The molecular weight excluding hydrogens is 362 g/mol. The summed E-state index contributed by atoms with van der Waals surface area (Å²) in [4.78, 5) is 14.8. The number of benzene rings is 1. The molecular formula is C21H35NO4S. The predicted octanol–water partition coefficient (Wildman–Crippen LogP) is 4.61. The summed E-state index contributed by atoms with van der Waals surface area (Å²) in [7, 11) is -3.54. The molecule has 0 aliphatic carbocycles. The summed E-state index contributed by atoms with van der Waals surface area (Å²) in [5.41, 5.74) is 1.16. The second kappa shape index (κ2) is 9.58. The third-order valence-corrected chi connectivity index (χ3v) is 4.95. The molecule has 0 heterocycles. The van der Waals surface area contributed by atoms with Crippen LogP contribution in [0.2, 0.25) is 0 Å². The molecule has 1 rings (SSSR count). The van der Waals surface area contributed by atoms with Crippen molar-refractivity contribution in [1.29, 1.82) is 0 Å². The van der Waals surface area contributed by atoms with E-state index in [1.165, 1.54) is 0 Å². The minimum Gasteiger partial charge on any atom is -0.383 e. The van der Waals surface area contributed by atoms with Crippen molar-refractivity contribution >= 4 is 16.0 Å². The normalized spacial score (nSPS) is 14.5. The average molecular weight is 398 g/mol. The Bertz CT molecular complexity index is 705. The Morgan fingerprint density at radius 3 is 2.15 bits per heavy atom. The molecule has 0 fully saturated rings. The fraction of sp³-hybridized carbons (Fsp3) is 0.667. The van der Waals surface area contributed by atoms with Gasteiger partial charge in [-0.3, -0.25) is 4.79 Å². The summed E-state index contributed by atoms with van der Waals surface area (Å²) in [5.74, 6) is 0.772. The molecule has 1 aromatic carbocycles. The number of nitrogens with zero attached hydrogens (tertiary/aromatic N) is 1. The zero-order valence-corrected chi connectivity index (χ0v) is 18.6. The highest BCUT2D eigenvalue weighted by molar-refractivity contribution is 7.86. The highest BCUT2D eigenvalue weighted by Crippen LogP contribution is 2.27. The summed E-state index contributed by atoms with van der Waals surface area (Å²) in [6.07, 6.45) is 3.44. The Labute approximate surface area is 165 Å². The summed E-state index contributed by atoms with van der Waals surface area (Å²) >= 11 is 0. The van der Waals surface area contributed by atoms with Crippen LogP contribution in [-0.2, 0) is 21.5 Å². The van der Waals surface area contributed by atoms with Crippen LogP contribution in [0.15, 0.2) is 24.3 Å². The second-order valence-electron chi connectivity index (χ2n) is 8.78. The molecule has 5 nitrogen and oxygen atoms in total. The molecule has 1 amide bonds.